The van der Waals surface area contributed by atoms with Gasteiger partial charge in [0, 0.05) is 32.0 Å². The number of hydrogen-bond donors (Lipinski definition) is 2. The molecule has 0 saturated carbocycles. The standard InChI is InChI=1S/C24H30N2O3.ClH/c1-29-22-12-11-17(13-21(22)27)7-5-6-10-23(28)26-16-19-14-25-15-20(19)24(26)18-8-3-2-4-9-18;/h2-4,8-9,11-13,19-20,24-25,27H,5-7,10,14-16H2,1H3;1H/t19-,20-,24+;/m0./s1. The summed E-state index contributed by atoms with van der Waals surface area (Å²) in [6.07, 6.45) is 3.22. The highest BCUT2D eigenvalue weighted by molar-refractivity contribution is 5.85. The number of nitrogens with one attached hydrogen (secondary N) is 1. The van der Waals surface area contributed by atoms with Gasteiger partial charge in [-0.05, 0) is 48.4 Å². The first-order chi connectivity index (χ1) is 14.2. The van der Waals surface area contributed by atoms with Crippen LogP contribution >= 0.6 is 12.4 Å². The fraction of sp³-hybridized carbons (Fsp3) is 0.458. The van der Waals surface area contributed by atoms with Gasteiger partial charge in [0.15, 0.2) is 11.5 Å². The second-order valence-corrected chi connectivity index (χ2v) is 8.20. The molecule has 2 aromatic carbocycles. The van der Waals surface area contributed by atoms with Crippen molar-refractivity contribution in [1.29, 1.82) is 0 Å². The minimum atomic E-state index is 0. The van der Waals surface area contributed by atoms with Gasteiger partial charge in [-0.15, -0.1) is 12.4 Å². The zero-order chi connectivity index (χ0) is 20.2. The molecule has 0 aromatic heterocycles. The first-order valence-corrected chi connectivity index (χ1v) is 10.6. The molecule has 0 radical (unpaired) electrons. The number of rotatable bonds is 7. The highest BCUT2D eigenvalue weighted by Crippen LogP contribution is 2.42. The molecule has 2 fully saturated rings. The van der Waals surface area contributed by atoms with Gasteiger partial charge < -0.3 is 20.1 Å². The summed E-state index contributed by atoms with van der Waals surface area (Å²) in [5.41, 5.74) is 2.32. The molecule has 2 aromatic rings. The van der Waals surface area contributed by atoms with E-state index < -0.39 is 0 Å². The van der Waals surface area contributed by atoms with Gasteiger partial charge in [-0.2, -0.15) is 0 Å². The van der Waals surface area contributed by atoms with E-state index in [1.807, 2.05) is 12.1 Å². The number of phenols is 1. The number of carbonyl (C=O) groups excluding carboxylic acids is 1. The zero-order valence-electron chi connectivity index (χ0n) is 17.4. The number of amides is 1. The lowest BCUT2D eigenvalue weighted by atomic mass is 9.89. The normalized spacial score (nSPS) is 22.4. The molecule has 5 nitrogen and oxygen atoms in total. The summed E-state index contributed by atoms with van der Waals surface area (Å²) in [6.45, 7) is 2.87. The van der Waals surface area contributed by atoms with E-state index in [0.717, 1.165) is 44.5 Å². The fourth-order valence-corrected chi connectivity index (χ4v) is 4.89. The van der Waals surface area contributed by atoms with Crippen LogP contribution in [0, 0.1) is 11.8 Å². The molecule has 0 aliphatic carbocycles. The lowest BCUT2D eigenvalue weighted by Crippen LogP contribution is -2.34. The van der Waals surface area contributed by atoms with E-state index in [9.17, 15) is 9.90 Å². The number of halogens is 1. The zero-order valence-corrected chi connectivity index (χ0v) is 18.2. The van der Waals surface area contributed by atoms with Crippen molar-refractivity contribution >= 4 is 18.3 Å². The average molecular weight is 431 g/mol. The summed E-state index contributed by atoms with van der Waals surface area (Å²) in [6, 6.07) is 16.2. The number of hydrogen-bond acceptors (Lipinski definition) is 4. The van der Waals surface area contributed by atoms with Crippen molar-refractivity contribution in [1.82, 2.24) is 10.2 Å². The van der Waals surface area contributed by atoms with Crippen LogP contribution in [0.1, 0.15) is 36.4 Å². The van der Waals surface area contributed by atoms with Crippen LogP contribution in [-0.4, -0.2) is 42.7 Å². The van der Waals surface area contributed by atoms with Crippen LogP contribution in [0.2, 0.25) is 0 Å². The van der Waals surface area contributed by atoms with Gasteiger partial charge in [-0.1, -0.05) is 36.4 Å². The Bertz CT molecular complexity index is 846. The van der Waals surface area contributed by atoms with Gasteiger partial charge >= 0.3 is 0 Å². The van der Waals surface area contributed by atoms with Crippen molar-refractivity contribution in [3.05, 3.63) is 59.7 Å². The highest BCUT2D eigenvalue weighted by atomic mass is 35.5. The van der Waals surface area contributed by atoms with Crippen LogP contribution in [0.5, 0.6) is 11.5 Å². The van der Waals surface area contributed by atoms with Gasteiger partial charge in [0.05, 0.1) is 13.2 Å². The van der Waals surface area contributed by atoms with Crippen LogP contribution in [0.3, 0.4) is 0 Å². The topological polar surface area (TPSA) is 61.8 Å². The maximum atomic E-state index is 13.1. The molecule has 0 bridgehead atoms. The molecule has 30 heavy (non-hydrogen) atoms. The molecule has 0 unspecified atom stereocenters. The maximum Gasteiger partial charge on any atom is 0.223 e. The van der Waals surface area contributed by atoms with Crippen molar-refractivity contribution in [3.8, 4) is 11.5 Å². The number of nitrogens with zero attached hydrogens (tertiary/aromatic N) is 1. The van der Waals surface area contributed by atoms with E-state index in [0.29, 0.717) is 24.0 Å². The smallest absolute Gasteiger partial charge is 0.223 e. The molecule has 162 valence electrons. The number of aryl methyl sites for hydroxylation is 1. The van der Waals surface area contributed by atoms with Crippen molar-refractivity contribution in [2.24, 2.45) is 11.8 Å². The molecule has 3 atom stereocenters. The second kappa shape index (κ2) is 10.2. The molecular formula is C24H31ClN2O3. The number of unbranched alkanes of at least 4 members (excludes halogenated alkanes) is 1. The van der Waals surface area contributed by atoms with E-state index in [-0.39, 0.29) is 30.1 Å². The third-order valence-corrected chi connectivity index (χ3v) is 6.38. The molecule has 4 rings (SSSR count). The van der Waals surface area contributed by atoms with Crippen LogP contribution < -0.4 is 10.1 Å². The van der Waals surface area contributed by atoms with Gasteiger partial charge in [-0.25, -0.2) is 0 Å². The van der Waals surface area contributed by atoms with E-state index in [4.69, 9.17) is 4.74 Å². The van der Waals surface area contributed by atoms with Crippen molar-refractivity contribution in [2.75, 3.05) is 26.7 Å². The number of carbonyl (C=O) groups is 1. The van der Waals surface area contributed by atoms with Gasteiger partial charge in [0.2, 0.25) is 5.91 Å². The Balaban J connectivity index is 0.00000256. The summed E-state index contributed by atoms with van der Waals surface area (Å²) < 4.78 is 5.09. The number of aromatic hydroxyl groups is 1. The quantitative estimate of drug-likeness (QED) is 0.653. The molecule has 2 aliphatic heterocycles. The molecule has 2 heterocycles. The largest absolute Gasteiger partial charge is 0.504 e. The van der Waals surface area contributed by atoms with Crippen molar-refractivity contribution in [3.63, 3.8) is 0 Å². The van der Waals surface area contributed by atoms with Gasteiger partial charge in [-0.3, -0.25) is 4.79 Å². The van der Waals surface area contributed by atoms with E-state index in [1.165, 1.54) is 5.56 Å². The van der Waals surface area contributed by atoms with Gasteiger partial charge in [0.1, 0.15) is 0 Å². The number of fused-ring (bicyclic) bond motifs is 1. The maximum absolute atomic E-state index is 13.1. The third kappa shape index (κ3) is 4.73. The average Bonchev–Trinajstić information content (AvgIpc) is 3.33. The molecule has 2 N–H and O–H groups in total. The number of likely N-dealkylation sites (tertiary alicyclic amines) is 1. The first-order valence-electron chi connectivity index (χ1n) is 10.6. The minimum absolute atomic E-state index is 0. The summed E-state index contributed by atoms with van der Waals surface area (Å²) in [5.74, 6) is 2.01. The third-order valence-electron chi connectivity index (χ3n) is 6.38. The predicted octanol–water partition coefficient (Wildman–Crippen LogP) is 3.95. The first kappa shape index (κ1) is 22.4. The molecule has 0 spiro atoms. The molecule has 2 aliphatic rings. The number of benzene rings is 2. The number of ether oxygens (including phenoxy) is 1. The summed E-state index contributed by atoms with van der Waals surface area (Å²) in [4.78, 5) is 15.2. The molecule has 1 amide bonds. The Labute approximate surface area is 184 Å². The van der Waals surface area contributed by atoms with Crippen LogP contribution in [0.25, 0.3) is 0 Å². The lowest BCUT2D eigenvalue weighted by Gasteiger charge is -2.28. The summed E-state index contributed by atoms with van der Waals surface area (Å²) in [5, 5.41) is 13.4. The van der Waals surface area contributed by atoms with Gasteiger partial charge in [0.25, 0.3) is 0 Å². The predicted molar refractivity (Wildman–Crippen MR) is 120 cm³/mol. The van der Waals surface area contributed by atoms with E-state index in [1.54, 1.807) is 19.2 Å². The summed E-state index contributed by atoms with van der Waals surface area (Å²) in [7, 11) is 1.55. The fourth-order valence-electron chi connectivity index (χ4n) is 4.89. The molecular weight excluding hydrogens is 400 g/mol. The SMILES string of the molecule is COc1ccc(CCCCC(=O)N2C[C@@H]3CNC[C@@H]3[C@H]2c2ccccc2)cc1O.Cl. The Morgan fingerprint density at radius 1 is 1.17 bits per heavy atom. The van der Waals surface area contributed by atoms with Crippen molar-refractivity contribution in [2.45, 2.75) is 31.7 Å². The highest BCUT2D eigenvalue weighted by Gasteiger charge is 2.46. The van der Waals surface area contributed by atoms with Crippen LogP contribution in [-0.2, 0) is 11.2 Å². The Kier molecular flexibility index (Phi) is 7.62. The second-order valence-electron chi connectivity index (χ2n) is 8.20. The Hall–Kier alpha value is -2.24. The monoisotopic (exact) mass is 430 g/mol. The van der Waals surface area contributed by atoms with Crippen molar-refractivity contribution < 1.29 is 14.6 Å². The number of phenolic OH excluding ortho intramolecular Hbond substituents is 1. The van der Waals surface area contributed by atoms with Crippen LogP contribution in [0.4, 0.5) is 0 Å². The van der Waals surface area contributed by atoms with Crippen LogP contribution in [0.15, 0.2) is 48.5 Å². The molecule has 6 heteroatoms. The summed E-state index contributed by atoms with van der Waals surface area (Å²) >= 11 is 0. The minimum Gasteiger partial charge on any atom is -0.504 e. The molecule has 2 saturated heterocycles. The lowest BCUT2D eigenvalue weighted by molar-refractivity contribution is -0.132. The van der Waals surface area contributed by atoms with E-state index in [2.05, 4.69) is 34.5 Å². The number of methoxy groups -OCH3 is 1. The van der Waals surface area contributed by atoms with E-state index >= 15 is 0 Å². The Morgan fingerprint density at radius 2 is 1.97 bits per heavy atom. The Morgan fingerprint density at radius 3 is 2.70 bits per heavy atom.